The predicted molar refractivity (Wildman–Crippen MR) is 89.4 cm³/mol. The van der Waals surface area contributed by atoms with Crippen molar-refractivity contribution in [3.05, 3.63) is 47.8 Å². The zero-order valence-corrected chi connectivity index (χ0v) is 13.5. The van der Waals surface area contributed by atoms with Crippen molar-refractivity contribution < 1.29 is 0 Å². The van der Waals surface area contributed by atoms with Crippen molar-refractivity contribution in [3.8, 4) is 0 Å². The van der Waals surface area contributed by atoms with E-state index in [1.807, 2.05) is 17.6 Å². The number of nitrogens with one attached hydrogen (secondary N) is 1. The summed E-state index contributed by atoms with van der Waals surface area (Å²) in [5.41, 5.74) is 2.37. The monoisotopic (exact) mass is 313 g/mol. The number of imidazole rings is 1. The molecule has 1 aliphatic rings. The van der Waals surface area contributed by atoms with Gasteiger partial charge in [0.05, 0.1) is 17.9 Å². The summed E-state index contributed by atoms with van der Waals surface area (Å²) in [7, 11) is 2.19. The van der Waals surface area contributed by atoms with E-state index in [1.165, 1.54) is 5.56 Å². The highest BCUT2D eigenvalue weighted by molar-refractivity contribution is 7.20. The van der Waals surface area contributed by atoms with E-state index in [4.69, 9.17) is 0 Å². The van der Waals surface area contributed by atoms with E-state index in [-0.39, 0.29) is 0 Å². The van der Waals surface area contributed by atoms with Gasteiger partial charge in [-0.15, -0.1) is 5.10 Å². The van der Waals surface area contributed by atoms with Crippen molar-refractivity contribution in [3.63, 3.8) is 0 Å². The standard InChI is InChI=1S/C16H19N5S/c1-11-10-21-16(17-11)22-15(19-21)18-13-8-9-20(2)14(13)12-6-4-3-5-7-12/h3-7,10,13-14H,8-9H2,1-2H3,(H,18,19)/t13-,14-/m1/s1. The molecule has 2 aromatic heterocycles. The molecule has 0 bridgehead atoms. The van der Waals surface area contributed by atoms with Crippen LogP contribution >= 0.6 is 11.3 Å². The molecular weight excluding hydrogens is 294 g/mol. The number of nitrogens with zero attached hydrogens (tertiary/aromatic N) is 4. The number of likely N-dealkylation sites (N-methyl/N-ethyl adjacent to an activating group) is 1. The smallest absolute Gasteiger partial charge is 0.214 e. The van der Waals surface area contributed by atoms with Crippen molar-refractivity contribution in [1.82, 2.24) is 19.5 Å². The summed E-state index contributed by atoms with van der Waals surface area (Å²) >= 11 is 1.61. The summed E-state index contributed by atoms with van der Waals surface area (Å²) in [5, 5.41) is 9.16. The lowest BCUT2D eigenvalue weighted by Crippen LogP contribution is -2.29. The largest absolute Gasteiger partial charge is 0.355 e. The quantitative estimate of drug-likeness (QED) is 0.807. The minimum Gasteiger partial charge on any atom is -0.355 e. The van der Waals surface area contributed by atoms with Gasteiger partial charge in [-0.1, -0.05) is 41.7 Å². The number of fused-ring (bicyclic) bond motifs is 1. The van der Waals surface area contributed by atoms with Crippen LogP contribution in [-0.2, 0) is 0 Å². The molecule has 3 aromatic rings. The molecule has 0 spiro atoms. The second-order valence-corrected chi connectivity index (χ2v) is 6.85. The van der Waals surface area contributed by atoms with E-state index >= 15 is 0 Å². The van der Waals surface area contributed by atoms with Gasteiger partial charge in [0.15, 0.2) is 0 Å². The van der Waals surface area contributed by atoms with Crippen LogP contribution in [0, 0.1) is 6.92 Å². The van der Waals surface area contributed by atoms with Crippen molar-refractivity contribution in [2.75, 3.05) is 18.9 Å². The minimum absolute atomic E-state index is 0.379. The van der Waals surface area contributed by atoms with E-state index < -0.39 is 0 Å². The summed E-state index contributed by atoms with van der Waals surface area (Å²) in [6.07, 6.45) is 3.09. The Kier molecular flexibility index (Phi) is 3.35. The van der Waals surface area contributed by atoms with Gasteiger partial charge in [0, 0.05) is 12.6 Å². The van der Waals surface area contributed by atoms with Crippen LogP contribution in [0.5, 0.6) is 0 Å². The lowest BCUT2D eigenvalue weighted by Gasteiger charge is -2.25. The molecule has 114 valence electrons. The Morgan fingerprint density at radius 3 is 2.86 bits per heavy atom. The SMILES string of the molecule is Cc1cn2nc(N[C@@H]3CCN(C)[C@@H]3c3ccccc3)sc2n1. The van der Waals surface area contributed by atoms with Crippen LogP contribution in [0.25, 0.3) is 4.96 Å². The first-order valence-electron chi connectivity index (χ1n) is 7.55. The van der Waals surface area contributed by atoms with Gasteiger partial charge in [-0.2, -0.15) is 0 Å². The summed E-state index contributed by atoms with van der Waals surface area (Å²) in [6, 6.07) is 11.5. The fourth-order valence-electron chi connectivity index (χ4n) is 3.26. The minimum atomic E-state index is 0.379. The fraction of sp³-hybridized carbons (Fsp3) is 0.375. The first-order chi connectivity index (χ1) is 10.7. The normalized spacial score (nSPS) is 22.5. The number of rotatable bonds is 3. The Bertz CT molecular complexity index is 747. The van der Waals surface area contributed by atoms with Crippen LogP contribution in [0.2, 0.25) is 0 Å². The maximum atomic E-state index is 4.59. The number of hydrogen-bond acceptors (Lipinski definition) is 5. The highest BCUT2D eigenvalue weighted by atomic mass is 32.1. The van der Waals surface area contributed by atoms with Crippen LogP contribution in [0.3, 0.4) is 0 Å². The lowest BCUT2D eigenvalue weighted by atomic mass is 10.0. The Balaban J connectivity index is 1.59. The molecule has 0 aliphatic carbocycles. The summed E-state index contributed by atoms with van der Waals surface area (Å²) < 4.78 is 1.86. The Hall–Kier alpha value is -1.92. The molecule has 6 heteroatoms. The Morgan fingerprint density at radius 2 is 2.09 bits per heavy atom. The fourth-order valence-corrected chi connectivity index (χ4v) is 4.15. The maximum Gasteiger partial charge on any atom is 0.214 e. The second kappa shape index (κ2) is 5.37. The van der Waals surface area contributed by atoms with Gasteiger partial charge in [0.25, 0.3) is 0 Å². The molecule has 1 fully saturated rings. The molecule has 0 unspecified atom stereocenters. The zero-order chi connectivity index (χ0) is 15.1. The predicted octanol–water partition coefficient (Wildman–Crippen LogP) is 2.96. The summed E-state index contributed by atoms with van der Waals surface area (Å²) in [4.78, 5) is 7.83. The average Bonchev–Trinajstić information content (AvgIpc) is 3.13. The maximum absolute atomic E-state index is 4.59. The van der Waals surface area contributed by atoms with Gasteiger partial charge in [0.2, 0.25) is 10.1 Å². The van der Waals surface area contributed by atoms with Gasteiger partial charge < -0.3 is 5.32 Å². The number of aryl methyl sites for hydroxylation is 1. The molecular formula is C16H19N5S. The zero-order valence-electron chi connectivity index (χ0n) is 12.7. The van der Waals surface area contributed by atoms with Crippen LogP contribution in [0.1, 0.15) is 23.7 Å². The van der Waals surface area contributed by atoms with Crippen molar-refractivity contribution in [1.29, 1.82) is 0 Å². The van der Waals surface area contributed by atoms with Gasteiger partial charge >= 0.3 is 0 Å². The van der Waals surface area contributed by atoms with E-state index in [2.05, 4.69) is 57.7 Å². The van der Waals surface area contributed by atoms with Gasteiger partial charge in [-0.25, -0.2) is 9.50 Å². The number of benzene rings is 1. The third kappa shape index (κ3) is 2.38. The van der Waals surface area contributed by atoms with Gasteiger partial charge in [-0.05, 0) is 26.0 Å². The molecule has 1 N–H and O–H groups in total. The molecule has 22 heavy (non-hydrogen) atoms. The van der Waals surface area contributed by atoms with Crippen molar-refractivity contribution in [2.24, 2.45) is 0 Å². The molecule has 1 aliphatic heterocycles. The number of likely N-dealkylation sites (tertiary alicyclic amines) is 1. The number of hydrogen-bond donors (Lipinski definition) is 1. The summed E-state index contributed by atoms with van der Waals surface area (Å²) in [5.74, 6) is 0. The molecule has 5 nitrogen and oxygen atoms in total. The average molecular weight is 313 g/mol. The lowest BCUT2D eigenvalue weighted by molar-refractivity contribution is 0.309. The molecule has 0 amide bonds. The first kappa shape index (κ1) is 13.7. The summed E-state index contributed by atoms with van der Waals surface area (Å²) in [6.45, 7) is 3.09. The third-order valence-corrected chi connectivity index (χ3v) is 5.12. The van der Waals surface area contributed by atoms with Crippen LogP contribution in [0.4, 0.5) is 5.13 Å². The third-order valence-electron chi connectivity index (χ3n) is 4.26. The van der Waals surface area contributed by atoms with Crippen LogP contribution in [-0.4, -0.2) is 39.1 Å². The molecule has 4 rings (SSSR count). The number of anilines is 1. The molecule has 0 saturated carbocycles. The van der Waals surface area contributed by atoms with Crippen molar-refractivity contribution >= 4 is 21.4 Å². The van der Waals surface area contributed by atoms with E-state index in [9.17, 15) is 0 Å². The van der Waals surface area contributed by atoms with E-state index in [1.54, 1.807) is 11.3 Å². The van der Waals surface area contributed by atoms with E-state index in [0.717, 1.165) is 28.8 Å². The van der Waals surface area contributed by atoms with Gasteiger partial charge in [-0.3, -0.25) is 4.90 Å². The van der Waals surface area contributed by atoms with E-state index in [0.29, 0.717) is 12.1 Å². The van der Waals surface area contributed by atoms with Crippen LogP contribution in [0.15, 0.2) is 36.5 Å². The number of aromatic nitrogens is 3. The van der Waals surface area contributed by atoms with Crippen molar-refractivity contribution in [2.45, 2.75) is 25.4 Å². The van der Waals surface area contributed by atoms with Gasteiger partial charge in [0.1, 0.15) is 0 Å². The topological polar surface area (TPSA) is 45.5 Å². The Morgan fingerprint density at radius 1 is 1.27 bits per heavy atom. The highest BCUT2D eigenvalue weighted by Crippen LogP contribution is 2.33. The van der Waals surface area contributed by atoms with Crippen LogP contribution < -0.4 is 5.32 Å². The molecule has 1 aromatic carbocycles. The first-order valence-corrected chi connectivity index (χ1v) is 8.37. The molecule has 1 saturated heterocycles. The molecule has 2 atom stereocenters. The second-order valence-electron chi connectivity index (χ2n) is 5.89. The Labute approximate surface area is 133 Å². The highest BCUT2D eigenvalue weighted by Gasteiger charge is 2.33. The molecule has 3 heterocycles. The molecule has 0 radical (unpaired) electrons.